The number of carbonyl (C=O) groups is 1. The number of halogens is 3. The van der Waals surface area contributed by atoms with Crippen molar-refractivity contribution in [3.05, 3.63) is 29.8 Å². The van der Waals surface area contributed by atoms with E-state index in [-0.39, 0.29) is 18.4 Å². The fraction of sp³-hybridized carbons (Fsp3) is 0.267. The Kier molecular flexibility index (Phi) is 4.88. The van der Waals surface area contributed by atoms with E-state index in [9.17, 15) is 23.1 Å². The Morgan fingerprint density at radius 2 is 1.62 bits per heavy atom. The molecule has 0 aromatic heterocycles. The van der Waals surface area contributed by atoms with Crippen molar-refractivity contribution in [3.8, 4) is 30.4 Å². The van der Waals surface area contributed by atoms with Gasteiger partial charge in [-0.15, -0.1) is 37.9 Å². The van der Waals surface area contributed by atoms with Gasteiger partial charge in [0.15, 0.2) is 0 Å². The fourth-order valence-corrected chi connectivity index (χ4v) is 1.87. The van der Waals surface area contributed by atoms with Crippen LogP contribution in [0.2, 0.25) is 0 Å². The zero-order valence-electron chi connectivity index (χ0n) is 10.8. The van der Waals surface area contributed by atoms with Gasteiger partial charge in [-0.2, -0.15) is 0 Å². The minimum atomic E-state index is -4.82. The average Bonchev–Trinajstić information content (AvgIpc) is 2.37. The lowest BCUT2D eigenvalue weighted by molar-refractivity contribution is -0.274. The summed E-state index contributed by atoms with van der Waals surface area (Å²) in [6.07, 6.45) is 5.19. The summed E-state index contributed by atoms with van der Waals surface area (Å²) in [7, 11) is 0. The molecule has 110 valence electrons. The van der Waals surface area contributed by atoms with E-state index in [1.165, 1.54) is 12.1 Å². The number of alkyl halides is 3. The van der Waals surface area contributed by atoms with Gasteiger partial charge >= 0.3 is 12.3 Å². The van der Waals surface area contributed by atoms with Gasteiger partial charge in [0.05, 0.1) is 0 Å². The largest absolute Gasteiger partial charge is 0.573 e. The van der Waals surface area contributed by atoms with Crippen molar-refractivity contribution in [2.75, 3.05) is 0 Å². The van der Waals surface area contributed by atoms with Gasteiger partial charge in [0.2, 0.25) is 0 Å². The molecule has 0 saturated heterocycles. The van der Waals surface area contributed by atoms with Crippen LogP contribution in [0.3, 0.4) is 0 Å². The standard InChI is InChI=1S/C15H11F3O3/c1-3-9-14(10-4-2,13(19)20)11-5-7-12(8-6-11)21-15(16,17)18/h1-2,5-8H,9-10H2,(H,19,20). The Morgan fingerprint density at radius 1 is 1.14 bits per heavy atom. The van der Waals surface area contributed by atoms with E-state index in [0.717, 1.165) is 12.1 Å². The summed E-state index contributed by atoms with van der Waals surface area (Å²) >= 11 is 0. The summed E-state index contributed by atoms with van der Waals surface area (Å²) in [6.45, 7) is 0. The van der Waals surface area contributed by atoms with Gasteiger partial charge in [0, 0.05) is 12.8 Å². The third kappa shape index (κ3) is 3.93. The maximum absolute atomic E-state index is 12.1. The van der Waals surface area contributed by atoms with E-state index in [2.05, 4.69) is 16.6 Å². The van der Waals surface area contributed by atoms with Crippen molar-refractivity contribution < 1.29 is 27.8 Å². The van der Waals surface area contributed by atoms with Gasteiger partial charge in [-0.3, -0.25) is 4.79 Å². The molecule has 0 heterocycles. The van der Waals surface area contributed by atoms with Crippen LogP contribution in [-0.2, 0) is 10.2 Å². The van der Waals surface area contributed by atoms with Crippen LogP contribution < -0.4 is 4.74 Å². The summed E-state index contributed by atoms with van der Waals surface area (Å²) in [6, 6.07) is 4.47. The second kappa shape index (κ2) is 6.23. The molecule has 0 unspecified atom stereocenters. The Bertz CT molecular complexity index is 573. The van der Waals surface area contributed by atoms with Gasteiger partial charge in [-0.25, -0.2) is 0 Å². The number of hydrogen-bond acceptors (Lipinski definition) is 2. The van der Waals surface area contributed by atoms with Gasteiger partial charge in [0.25, 0.3) is 0 Å². The summed E-state index contributed by atoms with van der Waals surface area (Å²) in [5.74, 6) is 2.79. The van der Waals surface area contributed by atoms with Crippen molar-refractivity contribution in [1.29, 1.82) is 0 Å². The third-order valence-corrected chi connectivity index (χ3v) is 2.86. The van der Waals surface area contributed by atoms with Gasteiger partial charge < -0.3 is 9.84 Å². The summed E-state index contributed by atoms with van der Waals surface area (Å²) in [4.78, 5) is 11.5. The molecule has 0 atom stereocenters. The minimum Gasteiger partial charge on any atom is -0.481 e. The highest BCUT2D eigenvalue weighted by molar-refractivity contribution is 5.82. The monoisotopic (exact) mass is 296 g/mol. The first kappa shape index (κ1) is 16.5. The number of carboxylic acid groups (broad SMARTS) is 1. The lowest BCUT2D eigenvalue weighted by Crippen LogP contribution is -2.35. The predicted octanol–water partition coefficient (Wildman–Crippen LogP) is 2.95. The Balaban J connectivity index is 3.19. The van der Waals surface area contributed by atoms with Gasteiger partial charge in [-0.1, -0.05) is 12.1 Å². The molecule has 0 fully saturated rings. The van der Waals surface area contributed by atoms with Crippen LogP contribution in [0.5, 0.6) is 5.75 Å². The smallest absolute Gasteiger partial charge is 0.481 e. The molecule has 0 spiro atoms. The number of rotatable bonds is 5. The molecule has 6 heteroatoms. The highest BCUT2D eigenvalue weighted by Gasteiger charge is 2.39. The normalized spacial score (nSPS) is 11.3. The molecule has 1 aromatic rings. The van der Waals surface area contributed by atoms with Crippen LogP contribution in [0.15, 0.2) is 24.3 Å². The highest BCUT2D eigenvalue weighted by Crippen LogP contribution is 2.33. The molecule has 0 bridgehead atoms. The molecule has 1 N–H and O–H groups in total. The third-order valence-electron chi connectivity index (χ3n) is 2.86. The Labute approximate surface area is 119 Å². The van der Waals surface area contributed by atoms with E-state index >= 15 is 0 Å². The van der Waals surface area contributed by atoms with Crippen LogP contribution in [0, 0.1) is 24.7 Å². The van der Waals surface area contributed by atoms with Crippen molar-refractivity contribution in [1.82, 2.24) is 0 Å². The number of carboxylic acids is 1. The maximum atomic E-state index is 12.1. The van der Waals surface area contributed by atoms with Gasteiger partial charge in [-0.05, 0) is 17.7 Å². The molecule has 3 nitrogen and oxygen atoms in total. The summed E-state index contributed by atoms with van der Waals surface area (Å²) in [5.41, 5.74) is -1.30. The lowest BCUT2D eigenvalue weighted by atomic mass is 9.75. The van der Waals surface area contributed by atoms with Crippen molar-refractivity contribution >= 4 is 5.97 Å². The van der Waals surface area contributed by atoms with E-state index < -0.39 is 23.5 Å². The molecule has 0 aliphatic rings. The van der Waals surface area contributed by atoms with Crippen molar-refractivity contribution in [2.45, 2.75) is 24.6 Å². The quantitative estimate of drug-likeness (QED) is 0.850. The number of benzene rings is 1. The molecular weight excluding hydrogens is 285 g/mol. The first-order valence-corrected chi connectivity index (χ1v) is 5.72. The molecule has 0 radical (unpaired) electrons. The van der Waals surface area contributed by atoms with Crippen molar-refractivity contribution in [3.63, 3.8) is 0 Å². The minimum absolute atomic E-state index is 0.175. The van der Waals surface area contributed by atoms with E-state index in [4.69, 9.17) is 12.8 Å². The molecule has 0 amide bonds. The van der Waals surface area contributed by atoms with E-state index in [1.54, 1.807) is 0 Å². The van der Waals surface area contributed by atoms with E-state index in [0.29, 0.717) is 0 Å². The number of hydrogen-bond donors (Lipinski definition) is 1. The Morgan fingerprint density at radius 3 is 1.95 bits per heavy atom. The second-order valence-electron chi connectivity index (χ2n) is 4.22. The lowest BCUT2D eigenvalue weighted by Gasteiger charge is -2.26. The summed E-state index contributed by atoms with van der Waals surface area (Å²) < 4.78 is 40.0. The molecule has 0 aliphatic carbocycles. The zero-order valence-corrected chi connectivity index (χ0v) is 10.8. The molecular formula is C15H11F3O3. The number of ether oxygens (including phenoxy) is 1. The molecule has 0 saturated carbocycles. The maximum Gasteiger partial charge on any atom is 0.573 e. The van der Waals surface area contributed by atoms with Gasteiger partial charge in [0.1, 0.15) is 11.2 Å². The highest BCUT2D eigenvalue weighted by atomic mass is 19.4. The number of aliphatic carboxylic acids is 1. The van der Waals surface area contributed by atoms with Crippen LogP contribution in [0.1, 0.15) is 18.4 Å². The number of terminal acetylenes is 2. The van der Waals surface area contributed by atoms with Crippen LogP contribution >= 0.6 is 0 Å². The first-order valence-electron chi connectivity index (χ1n) is 5.72. The topological polar surface area (TPSA) is 46.5 Å². The van der Waals surface area contributed by atoms with Crippen molar-refractivity contribution in [2.24, 2.45) is 0 Å². The molecule has 21 heavy (non-hydrogen) atoms. The molecule has 1 rings (SSSR count). The predicted molar refractivity (Wildman–Crippen MR) is 69.3 cm³/mol. The first-order chi connectivity index (χ1) is 9.75. The van der Waals surface area contributed by atoms with Crippen LogP contribution in [-0.4, -0.2) is 17.4 Å². The summed E-state index contributed by atoms with van der Waals surface area (Å²) in [5, 5.41) is 9.39. The van der Waals surface area contributed by atoms with E-state index in [1.807, 2.05) is 0 Å². The zero-order chi connectivity index (χ0) is 16.1. The average molecular weight is 296 g/mol. The molecule has 1 aromatic carbocycles. The second-order valence-corrected chi connectivity index (χ2v) is 4.22. The fourth-order valence-electron chi connectivity index (χ4n) is 1.87. The van der Waals surface area contributed by atoms with Crippen LogP contribution in [0.25, 0.3) is 0 Å². The van der Waals surface area contributed by atoms with Crippen LogP contribution in [0.4, 0.5) is 13.2 Å². The SMILES string of the molecule is C#CCC(CC#C)(C(=O)O)c1ccc(OC(F)(F)F)cc1. The molecule has 0 aliphatic heterocycles. The Hall–Kier alpha value is -2.60.